The summed E-state index contributed by atoms with van der Waals surface area (Å²) in [6.45, 7) is 0. The molecule has 3 nitrogen and oxygen atoms in total. The molecule has 0 fully saturated rings. The second-order valence-electron chi connectivity index (χ2n) is 2.35. The quantitative estimate of drug-likeness (QED) is 0.596. The second-order valence-corrected chi connectivity index (χ2v) is 3.78. The number of carboxylic acids is 1. The molecular formula is C7H6BrFNO2P. The molecule has 0 heterocycles. The molecule has 6 heteroatoms. The summed E-state index contributed by atoms with van der Waals surface area (Å²) in [5, 5.41) is 9.06. The first kappa shape index (κ1) is 10.4. The average molecular weight is 266 g/mol. The van der Waals surface area contributed by atoms with Gasteiger partial charge in [0.15, 0.2) is 0 Å². The van der Waals surface area contributed by atoms with Crippen molar-refractivity contribution < 1.29 is 14.3 Å². The number of nitrogen functional groups attached to an aromatic ring is 1. The van der Waals surface area contributed by atoms with Crippen molar-refractivity contribution in [2.24, 2.45) is 0 Å². The smallest absolute Gasteiger partial charge is 0.340 e. The fourth-order valence-corrected chi connectivity index (χ4v) is 1.51. The second kappa shape index (κ2) is 3.60. The summed E-state index contributed by atoms with van der Waals surface area (Å²) in [7, 11) is 2.24. The molecule has 0 saturated carbocycles. The Bertz CT molecular complexity index is 383. The molecule has 70 valence electrons. The third-order valence-corrected chi connectivity index (χ3v) is 3.22. The lowest BCUT2D eigenvalue weighted by Gasteiger charge is -2.07. The van der Waals surface area contributed by atoms with Gasteiger partial charge in [0.2, 0.25) is 0 Å². The topological polar surface area (TPSA) is 63.3 Å². The number of rotatable bonds is 1. The molecule has 0 aliphatic rings. The summed E-state index contributed by atoms with van der Waals surface area (Å²) >= 11 is 3.05. The van der Waals surface area contributed by atoms with E-state index in [1.807, 2.05) is 0 Å². The lowest BCUT2D eigenvalue weighted by molar-refractivity contribution is 0.0693. The predicted molar refractivity (Wildman–Crippen MR) is 54.8 cm³/mol. The van der Waals surface area contributed by atoms with E-state index < -0.39 is 17.3 Å². The molecule has 0 saturated heterocycles. The maximum absolute atomic E-state index is 13.0. The highest BCUT2D eigenvalue weighted by Crippen LogP contribution is 2.22. The maximum Gasteiger partial charge on any atom is 0.340 e. The molecule has 3 N–H and O–H groups in total. The molecule has 1 unspecified atom stereocenters. The monoisotopic (exact) mass is 265 g/mol. The van der Waals surface area contributed by atoms with Gasteiger partial charge in [0.25, 0.3) is 0 Å². The number of benzene rings is 1. The van der Waals surface area contributed by atoms with Crippen LogP contribution in [0.2, 0.25) is 0 Å². The molecule has 0 radical (unpaired) electrons. The van der Waals surface area contributed by atoms with Gasteiger partial charge in [0, 0.05) is 9.78 Å². The van der Waals surface area contributed by atoms with Crippen LogP contribution in [0.15, 0.2) is 10.5 Å². The van der Waals surface area contributed by atoms with Gasteiger partial charge in [-0.3, -0.25) is 0 Å². The van der Waals surface area contributed by atoms with Crippen molar-refractivity contribution in [2.45, 2.75) is 0 Å². The number of halogens is 2. The normalized spacial score (nSPS) is 10.1. The number of hydrogen-bond donors (Lipinski definition) is 2. The maximum atomic E-state index is 13.0. The van der Waals surface area contributed by atoms with E-state index in [0.717, 1.165) is 6.07 Å². The average Bonchev–Trinajstić information content (AvgIpc) is 1.99. The third kappa shape index (κ3) is 1.81. The Morgan fingerprint density at radius 1 is 1.69 bits per heavy atom. The lowest BCUT2D eigenvalue weighted by Crippen LogP contribution is -2.13. The van der Waals surface area contributed by atoms with Crippen LogP contribution in [0.4, 0.5) is 10.1 Å². The van der Waals surface area contributed by atoms with Crippen LogP contribution in [-0.2, 0) is 0 Å². The van der Waals surface area contributed by atoms with Gasteiger partial charge < -0.3 is 10.8 Å². The van der Waals surface area contributed by atoms with Crippen molar-refractivity contribution in [3.63, 3.8) is 0 Å². The number of anilines is 1. The summed E-state index contributed by atoms with van der Waals surface area (Å²) in [4.78, 5) is 10.6. The van der Waals surface area contributed by atoms with Gasteiger partial charge in [-0.15, -0.1) is 9.24 Å². The number of aromatic carboxylic acids is 1. The number of carboxylic acid groups (broad SMARTS) is 1. The van der Waals surface area contributed by atoms with Crippen molar-refractivity contribution in [3.8, 4) is 0 Å². The molecule has 0 amide bonds. The van der Waals surface area contributed by atoms with Crippen molar-refractivity contribution in [2.75, 3.05) is 5.73 Å². The fourth-order valence-electron chi connectivity index (χ4n) is 0.871. The van der Waals surface area contributed by atoms with Gasteiger partial charge in [0.05, 0.1) is 5.69 Å². The van der Waals surface area contributed by atoms with E-state index in [9.17, 15) is 9.18 Å². The van der Waals surface area contributed by atoms with E-state index >= 15 is 0 Å². The Morgan fingerprint density at radius 3 is 2.69 bits per heavy atom. The van der Waals surface area contributed by atoms with Crippen LogP contribution in [0.1, 0.15) is 10.4 Å². The first-order chi connectivity index (χ1) is 5.95. The van der Waals surface area contributed by atoms with E-state index in [2.05, 4.69) is 25.2 Å². The summed E-state index contributed by atoms with van der Waals surface area (Å²) in [6.07, 6.45) is 0. The molecule has 0 spiro atoms. The molecule has 1 aromatic rings. The van der Waals surface area contributed by atoms with Gasteiger partial charge in [-0.1, -0.05) is 0 Å². The van der Waals surface area contributed by atoms with Gasteiger partial charge in [-0.2, -0.15) is 0 Å². The van der Waals surface area contributed by atoms with Crippen LogP contribution in [-0.4, -0.2) is 11.1 Å². The molecule has 0 aliphatic carbocycles. The number of nitrogens with two attached hydrogens (primary N) is 1. The van der Waals surface area contributed by atoms with E-state index in [0.29, 0.717) is 9.78 Å². The molecular weight excluding hydrogens is 260 g/mol. The minimum absolute atomic E-state index is 0.0793. The van der Waals surface area contributed by atoms with Crippen LogP contribution in [0.3, 0.4) is 0 Å². The van der Waals surface area contributed by atoms with Crippen LogP contribution in [0, 0.1) is 5.82 Å². The summed E-state index contributed by atoms with van der Waals surface area (Å²) in [5.74, 6) is -2.21. The van der Waals surface area contributed by atoms with Gasteiger partial charge in [0.1, 0.15) is 11.4 Å². The Kier molecular flexibility index (Phi) is 2.88. The highest BCUT2D eigenvalue weighted by molar-refractivity contribution is 9.10. The fraction of sp³-hybridized carbons (Fsp3) is 0. The predicted octanol–water partition coefficient (Wildman–Crippen LogP) is 1.37. The molecule has 13 heavy (non-hydrogen) atoms. The van der Waals surface area contributed by atoms with Gasteiger partial charge >= 0.3 is 5.97 Å². The van der Waals surface area contributed by atoms with Gasteiger partial charge in [-0.25, -0.2) is 9.18 Å². The van der Waals surface area contributed by atoms with Crippen molar-refractivity contribution >= 4 is 42.1 Å². The number of hydrogen-bond acceptors (Lipinski definition) is 2. The van der Waals surface area contributed by atoms with Crippen LogP contribution in [0.25, 0.3) is 0 Å². The van der Waals surface area contributed by atoms with Crippen LogP contribution in [0.5, 0.6) is 0 Å². The largest absolute Gasteiger partial charge is 0.478 e. The Morgan fingerprint density at radius 2 is 2.23 bits per heavy atom. The molecule has 0 aliphatic heterocycles. The molecule has 0 aromatic heterocycles. The zero-order valence-electron chi connectivity index (χ0n) is 6.34. The summed E-state index contributed by atoms with van der Waals surface area (Å²) in [6, 6.07) is 1.07. The Labute approximate surface area is 84.5 Å². The zero-order chi connectivity index (χ0) is 10.2. The highest BCUT2D eigenvalue weighted by atomic mass is 79.9. The van der Waals surface area contributed by atoms with Crippen LogP contribution < -0.4 is 11.0 Å². The van der Waals surface area contributed by atoms with Crippen molar-refractivity contribution in [1.29, 1.82) is 0 Å². The summed E-state index contributed by atoms with van der Waals surface area (Å²) in [5.41, 5.74) is 4.84. The van der Waals surface area contributed by atoms with E-state index in [1.165, 1.54) is 0 Å². The third-order valence-electron chi connectivity index (χ3n) is 1.52. The minimum atomic E-state index is -1.37. The van der Waals surface area contributed by atoms with E-state index in [4.69, 9.17) is 10.8 Å². The summed E-state index contributed by atoms with van der Waals surface area (Å²) < 4.78 is 13.5. The molecule has 0 bridgehead atoms. The standard InChI is InChI=1S/C7H6BrFNO2P/c8-2-1-3(9)4(7(11)12)5(10)6(2)13/h1H,10,13H2,(H,11,12). The Hall–Kier alpha value is -0.670. The zero-order valence-corrected chi connectivity index (χ0v) is 9.08. The van der Waals surface area contributed by atoms with Crippen molar-refractivity contribution in [1.82, 2.24) is 0 Å². The van der Waals surface area contributed by atoms with Crippen molar-refractivity contribution in [3.05, 3.63) is 21.9 Å². The minimum Gasteiger partial charge on any atom is -0.478 e. The van der Waals surface area contributed by atoms with Crippen LogP contribution >= 0.6 is 25.2 Å². The lowest BCUT2D eigenvalue weighted by atomic mass is 10.1. The first-order valence-electron chi connectivity index (χ1n) is 3.21. The Balaban J connectivity index is 3.53. The first-order valence-corrected chi connectivity index (χ1v) is 4.58. The van der Waals surface area contributed by atoms with E-state index in [-0.39, 0.29) is 5.69 Å². The molecule has 1 aromatic carbocycles. The van der Waals surface area contributed by atoms with E-state index in [1.54, 1.807) is 0 Å². The highest BCUT2D eigenvalue weighted by Gasteiger charge is 2.17. The molecule has 1 atom stereocenters. The SMILES string of the molecule is Nc1c(P)c(Br)cc(F)c1C(=O)O. The molecule has 1 rings (SSSR count). The number of carbonyl (C=O) groups is 1. The van der Waals surface area contributed by atoms with Gasteiger partial charge in [-0.05, 0) is 22.0 Å².